The molecule has 0 radical (unpaired) electrons. The first-order chi connectivity index (χ1) is 5.99. The molecule has 0 spiro atoms. The van der Waals surface area contributed by atoms with Crippen LogP contribution in [0.3, 0.4) is 0 Å². The Balaban J connectivity index is 2.97. The molecule has 0 aliphatic rings. The van der Waals surface area contributed by atoms with Crippen molar-refractivity contribution in [2.24, 2.45) is 5.41 Å². The van der Waals surface area contributed by atoms with Gasteiger partial charge in [-0.05, 0) is 26.8 Å². The first-order valence-electron chi connectivity index (χ1n) is 4.15. The van der Waals surface area contributed by atoms with Crippen LogP contribution < -0.4 is 0 Å². The van der Waals surface area contributed by atoms with E-state index in [1.54, 1.807) is 12.3 Å². The molecule has 0 amide bonds. The van der Waals surface area contributed by atoms with Crippen LogP contribution in [0.4, 0.5) is 0 Å². The number of hydrogen-bond donors (Lipinski definition) is 1. The maximum Gasteiger partial charge on any atom is 0.149 e. The van der Waals surface area contributed by atoms with Crippen molar-refractivity contribution in [3.63, 3.8) is 0 Å². The van der Waals surface area contributed by atoms with Crippen LogP contribution in [-0.2, 0) is 0 Å². The Kier molecular flexibility index (Phi) is 2.57. The molecule has 1 N–H and O–H groups in total. The van der Waals surface area contributed by atoms with Crippen LogP contribution in [0.15, 0.2) is 18.5 Å². The van der Waals surface area contributed by atoms with E-state index in [1.165, 1.54) is 6.20 Å². The van der Waals surface area contributed by atoms with Gasteiger partial charge in [0, 0.05) is 11.6 Å². The molecule has 0 aromatic carbocycles. The second kappa shape index (κ2) is 3.49. The highest BCUT2D eigenvalue weighted by atomic mass is 16.3. The van der Waals surface area contributed by atoms with E-state index in [2.05, 4.69) is 16.8 Å². The van der Waals surface area contributed by atoms with Crippen LogP contribution in [0.25, 0.3) is 0 Å². The third-order valence-electron chi connectivity index (χ3n) is 1.37. The van der Waals surface area contributed by atoms with Crippen molar-refractivity contribution >= 4 is 0 Å². The SMILES string of the molecule is CC(C)(C)C#Cc1ccncc1O. The highest BCUT2D eigenvalue weighted by molar-refractivity contribution is 5.43. The topological polar surface area (TPSA) is 33.1 Å². The van der Waals surface area contributed by atoms with Crippen molar-refractivity contribution in [1.82, 2.24) is 4.98 Å². The molecule has 0 saturated heterocycles. The van der Waals surface area contributed by atoms with Gasteiger partial charge in [-0.3, -0.25) is 4.98 Å². The predicted molar refractivity (Wildman–Crippen MR) is 52.2 cm³/mol. The van der Waals surface area contributed by atoms with Gasteiger partial charge in [0.05, 0.1) is 11.8 Å². The Morgan fingerprint density at radius 2 is 2.08 bits per heavy atom. The average molecular weight is 175 g/mol. The summed E-state index contributed by atoms with van der Waals surface area (Å²) in [4.78, 5) is 3.77. The van der Waals surface area contributed by atoms with Crippen molar-refractivity contribution in [3.8, 4) is 17.6 Å². The minimum absolute atomic E-state index is 0.0459. The lowest BCUT2D eigenvalue weighted by molar-refractivity contribution is 0.471. The van der Waals surface area contributed by atoms with Gasteiger partial charge in [-0.1, -0.05) is 11.8 Å². The Labute approximate surface area is 78.6 Å². The molecule has 0 fully saturated rings. The molecule has 13 heavy (non-hydrogen) atoms. The summed E-state index contributed by atoms with van der Waals surface area (Å²) in [5.41, 5.74) is 0.584. The second-order valence-electron chi connectivity index (χ2n) is 3.89. The quantitative estimate of drug-likeness (QED) is 0.613. The molecule has 1 aromatic heterocycles. The van der Waals surface area contributed by atoms with Gasteiger partial charge in [-0.15, -0.1) is 0 Å². The van der Waals surface area contributed by atoms with Crippen LogP contribution >= 0.6 is 0 Å². The van der Waals surface area contributed by atoms with E-state index in [0.717, 1.165) is 0 Å². The number of nitrogens with zero attached hydrogens (tertiary/aromatic N) is 1. The fourth-order valence-corrected chi connectivity index (χ4v) is 0.747. The van der Waals surface area contributed by atoms with Crippen molar-refractivity contribution in [2.75, 3.05) is 0 Å². The molecule has 1 rings (SSSR count). The van der Waals surface area contributed by atoms with Crippen LogP contribution in [0.5, 0.6) is 5.75 Å². The molecule has 0 bridgehead atoms. The molecular formula is C11H13NO. The standard InChI is InChI=1S/C11H13NO/c1-11(2,3)6-4-9-5-7-12-8-10(9)13/h5,7-8,13H,1-3H3. The minimum Gasteiger partial charge on any atom is -0.505 e. The summed E-state index contributed by atoms with van der Waals surface area (Å²) >= 11 is 0. The predicted octanol–water partition coefficient (Wildman–Crippen LogP) is 2.18. The molecule has 0 aliphatic heterocycles. The molecule has 0 atom stereocenters. The molecule has 2 nitrogen and oxygen atoms in total. The fourth-order valence-electron chi connectivity index (χ4n) is 0.747. The van der Waals surface area contributed by atoms with Gasteiger partial charge < -0.3 is 5.11 Å². The van der Waals surface area contributed by atoms with E-state index < -0.39 is 0 Å². The monoisotopic (exact) mass is 175 g/mol. The van der Waals surface area contributed by atoms with Gasteiger partial charge in [-0.25, -0.2) is 0 Å². The highest BCUT2D eigenvalue weighted by Crippen LogP contribution is 2.15. The van der Waals surface area contributed by atoms with E-state index in [9.17, 15) is 5.11 Å². The van der Waals surface area contributed by atoms with Crippen molar-refractivity contribution in [1.29, 1.82) is 0 Å². The molecule has 1 heterocycles. The van der Waals surface area contributed by atoms with E-state index >= 15 is 0 Å². The van der Waals surface area contributed by atoms with E-state index in [0.29, 0.717) is 5.56 Å². The molecule has 2 heteroatoms. The van der Waals surface area contributed by atoms with E-state index in [1.807, 2.05) is 20.8 Å². The average Bonchev–Trinajstić information content (AvgIpc) is 2.01. The normalized spacial score (nSPS) is 10.4. The lowest BCUT2D eigenvalue weighted by Gasteiger charge is -2.06. The summed E-state index contributed by atoms with van der Waals surface area (Å²) in [6.07, 6.45) is 3.01. The summed E-state index contributed by atoms with van der Waals surface area (Å²) in [5.74, 6) is 6.09. The highest BCUT2D eigenvalue weighted by Gasteiger charge is 2.04. The molecule has 68 valence electrons. The number of rotatable bonds is 0. The summed E-state index contributed by atoms with van der Waals surface area (Å²) in [6, 6.07) is 1.70. The van der Waals surface area contributed by atoms with Crippen LogP contribution in [0, 0.1) is 17.3 Å². The largest absolute Gasteiger partial charge is 0.505 e. The van der Waals surface area contributed by atoms with Gasteiger partial charge in [0.15, 0.2) is 0 Å². The van der Waals surface area contributed by atoms with Crippen LogP contribution in [0.1, 0.15) is 26.3 Å². The summed E-state index contributed by atoms with van der Waals surface area (Å²) in [5, 5.41) is 9.34. The summed E-state index contributed by atoms with van der Waals surface area (Å²) in [6.45, 7) is 6.08. The van der Waals surface area contributed by atoms with Gasteiger partial charge in [0.1, 0.15) is 5.75 Å². The van der Waals surface area contributed by atoms with Gasteiger partial charge in [0.25, 0.3) is 0 Å². The fraction of sp³-hybridized carbons (Fsp3) is 0.364. The lowest BCUT2D eigenvalue weighted by atomic mass is 9.97. The molecule has 0 aliphatic carbocycles. The number of aromatic hydroxyl groups is 1. The van der Waals surface area contributed by atoms with Gasteiger partial charge >= 0.3 is 0 Å². The molecule has 0 unspecified atom stereocenters. The smallest absolute Gasteiger partial charge is 0.149 e. The maximum atomic E-state index is 9.34. The molecule has 1 aromatic rings. The molecule has 0 saturated carbocycles. The Hall–Kier alpha value is -1.49. The van der Waals surface area contributed by atoms with Gasteiger partial charge in [-0.2, -0.15) is 0 Å². The van der Waals surface area contributed by atoms with Crippen molar-refractivity contribution < 1.29 is 5.11 Å². The first kappa shape index (κ1) is 9.60. The first-order valence-corrected chi connectivity index (χ1v) is 4.15. The Morgan fingerprint density at radius 3 is 2.62 bits per heavy atom. The van der Waals surface area contributed by atoms with Crippen molar-refractivity contribution in [3.05, 3.63) is 24.0 Å². The lowest BCUT2D eigenvalue weighted by Crippen LogP contribution is -1.99. The zero-order valence-corrected chi connectivity index (χ0v) is 8.13. The Morgan fingerprint density at radius 1 is 1.38 bits per heavy atom. The molecular weight excluding hydrogens is 162 g/mol. The zero-order valence-electron chi connectivity index (χ0n) is 8.13. The van der Waals surface area contributed by atoms with Crippen molar-refractivity contribution in [2.45, 2.75) is 20.8 Å². The minimum atomic E-state index is -0.0459. The third kappa shape index (κ3) is 3.16. The van der Waals surface area contributed by atoms with Crippen LogP contribution in [0.2, 0.25) is 0 Å². The van der Waals surface area contributed by atoms with E-state index in [4.69, 9.17) is 0 Å². The van der Waals surface area contributed by atoms with Gasteiger partial charge in [0.2, 0.25) is 0 Å². The second-order valence-corrected chi connectivity index (χ2v) is 3.89. The maximum absolute atomic E-state index is 9.34. The zero-order chi connectivity index (χ0) is 9.90. The Bertz CT molecular complexity index is 352. The van der Waals surface area contributed by atoms with Crippen LogP contribution in [-0.4, -0.2) is 10.1 Å². The number of aromatic nitrogens is 1. The number of hydrogen-bond acceptors (Lipinski definition) is 2. The summed E-state index contributed by atoms with van der Waals surface area (Å²) in [7, 11) is 0. The number of pyridine rings is 1. The summed E-state index contributed by atoms with van der Waals surface area (Å²) < 4.78 is 0. The third-order valence-corrected chi connectivity index (χ3v) is 1.37. The van der Waals surface area contributed by atoms with E-state index in [-0.39, 0.29) is 11.2 Å².